The fourth-order valence-corrected chi connectivity index (χ4v) is 15.9. The predicted molar refractivity (Wildman–Crippen MR) is 455 cm³/mol. The quantitative estimate of drug-likeness (QED) is 0.0222. The second-order valence-corrected chi connectivity index (χ2v) is 36.3. The number of carbonyl (C=O) groups is 4. The molecule has 0 fully saturated rings. The van der Waals surface area contributed by atoms with Gasteiger partial charge in [0.1, 0.15) is 19.3 Å². The molecule has 19 heteroatoms. The lowest BCUT2D eigenvalue weighted by atomic mass is 9.99. The van der Waals surface area contributed by atoms with Crippen LogP contribution in [0.4, 0.5) is 0 Å². The molecule has 0 rings (SSSR count). The monoisotopic (exact) mass is 1610 g/mol. The molecule has 0 aliphatic heterocycles. The van der Waals surface area contributed by atoms with Gasteiger partial charge in [0.25, 0.3) is 0 Å². The lowest BCUT2D eigenvalue weighted by Crippen LogP contribution is -2.30. The number of esters is 4. The Labute approximate surface area is 677 Å². The van der Waals surface area contributed by atoms with Gasteiger partial charge in [-0.1, -0.05) is 440 Å². The molecule has 0 saturated carbocycles. The van der Waals surface area contributed by atoms with E-state index in [1.165, 1.54) is 308 Å². The fraction of sp³-hybridized carbons (Fsp3) is 0.956. The number of aliphatic hydroxyl groups is 1. The van der Waals surface area contributed by atoms with Crippen LogP contribution < -0.4 is 0 Å². The summed E-state index contributed by atoms with van der Waals surface area (Å²) in [4.78, 5) is 73.4. The summed E-state index contributed by atoms with van der Waals surface area (Å²) in [5.74, 6) is -0.470. The highest BCUT2D eigenvalue weighted by Gasteiger charge is 2.31. The number of carbonyl (C=O) groups excluding carboxylic acids is 4. The lowest BCUT2D eigenvalue weighted by molar-refractivity contribution is -0.161. The summed E-state index contributed by atoms with van der Waals surface area (Å²) in [5.41, 5.74) is 0. The van der Waals surface area contributed by atoms with Crippen LogP contribution in [0.25, 0.3) is 0 Å². The number of unbranched alkanes of at least 4 members (excludes halogenated alkanes) is 59. The standard InChI is InChI=1S/C91H178O17P2/c1-7-10-12-14-16-18-20-22-23-24-25-26-27-28-33-36-40-44-51-57-63-69-75-90(95)107-86(79-102-89(94)74-68-62-56-50-43-39-35-32-30-29-31-34-38-41-47-53-59-65-71-83(4)5)81-105-109(97,98)103-77-85(92)78-104-110(99,100)106-82-87(80-101-88(93)73-67-61-55-49-42-37-21-19-17-15-13-11-8-2)108-91(96)76-70-64-58-52-46-45-48-54-60-66-72-84(6)9-3/h83-87,92H,7-82H2,1-6H3,(H,97,98)(H,99,100)/t84?,85-,86-,87-/m1/s1. The molecule has 0 aromatic heterocycles. The first-order valence-corrected chi connectivity index (χ1v) is 50.0. The van der Waals surface area contributed by atoms with E-state index < -0.39 is 97.5 Å². The van der Waals surface area contributed by atoms with E-state index in [0.29, 0.717) is 25.7 Å². The first-order valence-electron chi connectivity index (χ1n) is 47.0. The van der Waals surface area contributed by atoms with Crippen molar-refractivity contribution in [2.24, 2.45) is 11.8 Å². The number of ether oxygens (including phenoxy) is 4. The van der Waals surface area contributed by atoms with Crippen molar-refractivity contribution in [1.29, 1.82) is 0 Å². The van der Waals surface area contributed by atoms with Crippen molar-refractivity contribution in [3.63, 3.8) is 0 Å². The zero-order chi connectivity index (χ0) is 80.6. The van der Waals surface area contributed by atoms with Crippen molar-refractivity contribution < 1.29 is 80.2 Å². The maximum Gasteiger partial charge on any atom is 0.472 e. The molecule has 0 amide bonds. The van der Waals surface area contributed by atoms with Crippen molar-refractivity contribution in [2.45, 2.75) is 509 Å². The van der Waals surface area contributed by atoms with Gasteiger partial charge < -0.3 is 33.8 Å². The Balaban J connectivity index is 5.24. The third-order valence-electron chi connectivity index (χ3n) is 21.8. The Morgan fingerprint density at radius 3 is 0.691 bits per heavy atom. The van der Waals surface area contributed by atoms with Crippen LogP contribution in [-0.4, -0.2) is 96.7 Å². The van der Waals surface area contributed by atoms with Crippen molar-refractivity contribution in [1.82, 2.24) is 0 Å². The van der Waals surface area contributed by atoms with Crippen LogP contribution >= 0.6 is 15.6 Å². The molecule has 654 valence electrons. The highest BCUT2D eigenvalue weighted by Crippen LogP contribution is 2.45. The first kappa shape index (κ1) is 108. The van der Waals surface area contributed by atoms with Gasteiger partial charge in [0.05, 0.1) is 26.4 Å². The van der Waals surface area contributed by atoms with Gasteiger partial charge in [-0.15, -0.1) is 0 Å². The summed E-state index contributed by atoms with van der Waals surface area (Å²) in [6.07, 6.45) is 76.4. The molecule has 110 heavy (non-hydrogen) atoms. The third-order valence-corrected chi connectivity index (χ3v) is 23.7. The number of phosphoric acid groups is 2. The van der Waals surface area contributed by atoms with Gasteiger partial charge in [-0.25, -0.2) is 9.13 Å². The van der Waals surface area contributed by atoms with Crippen molar-refractivity contribution in [3.05, 3.63) is 0 Å². The lowest BCUT2D eigenvalue weighted by Gasteiger charge is -2.21. The molecule has 0 heterocycles. The van der Waals surface area contributed by atoms with Gasteiger partial charge in [0.2, 0.25) is 0 Å². The molecule has 0 aliphatic carbocycles. The second-order valence-electron chi connectivity index (χ2n) is 33.4. The molecule has 0 aromatic rings. The molecule has 17 nitrogen and oxygen atoms in total. The van der Waals surface area contributed by atoms with Gasteiger partial charge in [0, 0.05) is 25.7 Å². The maximum atomic E-state index is 13.2. The molecule has 0 spiro atoms. The summed E-state index contributed by atoms with van der Waals surface area (Å²) in [5, 5.41) is 10.7. The van der Waals surface area contributed by atoms with E-state index in [0.717, 1.165) is 102 Å². The number of aliphatic hydroxyl groups excluding tert-OH is 1. The van der Waals surface area contributed by atoms with Crippen LogP contribution in [0.1, 0.15) is 491 Å². The van der Waals surface area contributed by atoms with Crippen LogP contribution in [0.2, 0.25) is 0 Å². The van der Waals surface area contributed by atoms with Crippen LogP contribution in [0.5, 0.6) is 0 Å². The first-order chi connectivity index (χ1) is 53.4. The summed E-state index contributed by atoms with van der Waals surface area (Å²) in [6, 6.07) is 0. The van der Waals surface area contributed by atoms with E-state index in [9.17, 15) is 43.2 Å². The molecule has 0 aliphatic rings. The molecular weight excluding hydrogens is 1430 g/mol. The summed E-state index contributed by atoms with van der Waals surface area (Å²) < 4.78 is 69.1. The SMILES string of the molecule is CCCCCCCCCCCCCCCCCCCCCCCCC(=O)O[C@H](COC(=O)CCCCCCCCCCCCCCCCCCCCC(C)C)COP(=O)(O)OC[C@@H](O)COP(=O)(O)OC[C@@H](COC(=O)CCCCCCCCCCCCCCC)OC(=O)CCCCCCCCCCCCC(C)CC. The highest BCUT2D eigenvalue weighted by atomic mass is 31.2. The minimum Gasteiger partial charge on any atom is -0.462 e. The van der Waals surface area contributed by atoms with E-state index in [1.54, 1.807) is 0 Å². The molecule has 6 atom stereocenters. The van der Waals surface area contributed by atoms with E-state index in [1.807, 2.05) is 0 Å². The largest absolute Gasteiger partial charge is 0.472 e. The van der Waals surface area contributed by atoms with Gasteiger partial charge >= 0.3 is 39.5 Å². The van der Waals surface area contributed by atoms with E-state index in [4.69, 9.17) is 37.0 Å². The summed E-state index contributed by atoms with van der Waals surface area (Å²) in [6.45, 7) is 9.76. The molecule has 3 N–H and O–H groups in total. The van der Waals surface area contributed by atoms with E-state index in [-0.39, 0.29) is 25.7 Å². The predicted octanol–water partition coefficient (Wildman–Crippen LogP) is 28.2. The Morgan fingerprint density at radius 1 is 0.264 bits per heavy atom. The second kappa shape index (κ2) is 82.2. The van der Waals surface area contributed by atoms with Crippen LogP contribution in [0.15, 0.2) is 0 Å². The normalized spacial score (nSPS) is 14.0. The summed E-state index contributed by atoms with van der Waals surface area (Å²) >= 11 is 0. The molecule has 0 bridgehead atoms. The Bertz CT molecular complexity index is 2100. The van der Waals surface area contributed by atoms with Gasteiger partial charge in [0.15, 0.2) is 12.2 Å². The number of hydrogen-bond acceptors (Lipinski definition) is 15. The van der Waals surface area contributed by atoms with Crippen LogP contribution in [0.3, 0.4) is 0 Å². The maximum absolute atomic E-state index is 13.2. The molecule has 0 saturated heterocycles. The van der Waals surface area contributed by atoms with Crippen LogP contribution in [-0.2, 0) is 65.4 Å². The number of phosphoric ester groups is 2. The Morgan fingerprint density at radius 2 is 0.464 bits per heavy atom. The molecule has 0 radical (unpaired) electrons. The van der Waals surface area contributed by atoms with E-state index in [2.05, 4.69) is 41.5 Å². The van der Waals surface area contributed by atoms with E-state index >= 15 is 0 Å². The van der Waals surface area contributed by atoms with Gasteiger partial charge in [-0.3, -0.25) is 37.3 Å². The molecule has 3 unspecified atom stereocenters. The third kappa shape index (κ3) is 82.6. The fourth-order valence-electron chi connectivity index (χ4n) is 14.3. The smallest absolute Gasteiger partial charge is 0.462 e. The van der Waals surface area contributed by atoms with Crippen molar-refractivity contribution >= 4 is 39.5 Å². The minimum absolute atomic E-state index is 0.107. The zero-order valence-corrected chi connectivity index (χ0v) is 74.4. The Kier molecular flexibility index (Phi) is 80.7. The number of hydrogen-bond donors (Lipinski definition) is 3. The van der Waals surface area contributed by atoms with Gasteiger partial charge in [-0.2, -0.15) is 0 Å². The average Bonchev–Trinajstić information content (AvgIpc) is 0.900. The topological polar surface area (TPSA) is 237 Å². The highest BCUT2D eigenvalue weighted by molar-refractivity contribution is 7.47. The minimum atomic E-state index is -4.97. The molecular formula is C91H178O17P2. The summed E-state index contributed by atoms with van der Waals surface area (Å²) in [7, 11) is -9.94. The average molecular weight is 1610 g/mol. The van der Waals surface area contributed by atoms with Crippen molar-refractivity contribution in [2.75, 3.05) is 39.6 Å². The Hall–Kier alpha value is -1.94. The van der Waals surface area contributed by atoms with Crippen LogP contribution in [0, 0.1) is 11.8 Å². The number of rotatable bonds is 90. The van der Waals surface area contributed by atoms with Crippen molar-refractivity contribution in [3.8, 4) is 0 Å². The zero-order valence-electron chi connectivity index (χ0n) is 72.6. The molecule has 0 aromatic carbocycles. The van der Waals surface area contributed by atoms with Gasteiger partial charge in [-0.05, 0) is 37.5 Å².